The van der Waals surface area contributed by atoms with Gasteiger partial charge in [0.15, 0.2) is 0 Å². The monoisotopic (exact) mass is 266 g/mol. The second-order valence-corrected chi connectivity index (χ2v) is 6.83. The Morgan fingerprint density at radius 2 is 2.28 bits per heavy atom. The summed E-state index contributed by atoms with van der Waals surface area (Å²) in [4.78, 5) is 4.08. The van der Waals surface area contributed by atoms with Gasteiger partial charge in [0, 0.05) is 30.6 Å². The summed E-state index contributed by atoms with van der Waals surface area (Å²) in [5.41, 5.74) is 0. The Kier molecular flexibility index (Phi) is 5.22. The zero-order chi connectivity index (χ0) is 13.0. The van der Waals surface area contributed by atoms with Gasteiger partial charge in [-0.15, -0.1) is 11.3 Å². The van der Waals surface area contributed by atoms with Crippen LogP contribution in [0.1, 0.15) is 32.1 Å². The Morgan fingerprint density at radius 1 is 1.44 bits per heavy atom. The maximum absolute atomic E-state index is 3.58. The van der Waals surface area contributed by atoms with Crippen LogP contribution in [0.4, 0.5) is 0 Å². The SMILES string of the molecule is CC1CCN(C(C)CNCc2cccs2)CC1C. The first-order valence-electron chi connectivity index (χ1n) is 7.14. The number of hydrogen-bond donors (Lipinski definition) is 1. The molecule has 0 amide bonds. The first-order valence-corrected chi connectivity index (χ1v) is 8.02. The van der Waals surface area contributed by atoms with Gasteiger partial charge >= 0.3 is 0 Å². The number of nitrogens with one attached hydrogen (secondary N) is 1. The highest BCUT2D eigenvalue weighted by atomic mass is 32.1. The first-order chi connectivity index (χ1) is 8.66. The van der Waals surface area contributed by atoms with E-state index < -0.39 is 0 Å². The van der Waals surface area contributed by atoms with Gasteiger partial charge in [0.1, 0.15) is 0 Å². The highest BCUT2D eigenvalue weighted by Crippen LogP contribution is 2.23. The molecule has 0 radical (unpaired) electrons. The molecule has 1 N–H and O–H groups in total. The summed E-state index contributed by atoms with van der Waals surface area (Å²) >= 11 is 1.83. The number of piperidine rings is 1. The predicted molar refractivity (Wildman–Crippen MR) is 80.0 cm³/mol. The first kappa shape index (κ1) is 14.0. The number of likely N-dealkylation sites (tertiary alicyclic amines) is 1. The molecule has 1 fully saturated rings. The Hall–Kier alpha value is -0.380. The van der Waals surface area contributed by atoms with Crippen molar-refractivity contribution in [3.05, 3.63) is 22.4 Å². The second kappa shape index (κ2) is 6.69. The lowest BCUT2D eigenvalue weighted by molar-refractivity contribution is 0.102. The molecule has 0 saturated carbocycles. The Bertz CT molecular complexity index is 336. The summed E-state index contributed by atoms with van der Waals surface area (Å²) in [5, 5.41) is 5.73. The molecule has 0 bridgehead atoms. The van der Waals surface area contributed by atoms with E-state index in [1.807, 2.05) is 11.3 Å². The average Bonchev–Trinajstić information content (AvgIpc) is 2.85. The molecule has 1 aliphatic heterocycles. The van der Waals surface area contributed by atoms with Crippen LogP contribution >= 0.6 is 11.3 Å². The van der Waals surface area contributed by atoms with Gasteiger partial charge in [-0.3, -0.25) is 4.90 Å². The highest BCUT2D eigenvalue weighted by molar-refractivity contribution is 7.09. The molecule has 1 saturated heterocycles. The zero-order valence-corrected chi connectivity index (χ0v) is 12.7. The molecule has 0 aliphatic carbocycles. The van der Waals surface area contributed by atoms with Gasteiger partial charge in [0.2, 0.25) is 0 Å². The molecule has 102 valence electrons. The van der Waals surface area contributed by atoms with Crippen LogP contribution < -0.4 is 5.32 Å². The Labute approximate surface area is 115 Å². The molecular formula is C15H26N2S. The van der Waals surface area contributed by atoms with E-state index in [1.165, 1.54) is 24.4 Å². The van der Waals surface area contributed by atoms with E-state index >= 15 is 0 Å². The number of rotatable bonds is 5. The van der Waals surface area contributed by atoms with Crippen LogP contribution in [0.15, 0.2) is 17.5 Å². The third kappa shape index (κ3) is 3.81. The Balaban J connectivity index is 1.69. The number of thiophene rings is 1. The molecule has 2 nitrogen and oxygen atoms in total. The van der Waals surface area contributed by atoms with Gasteiger partial charge in [0.05, 0.1) is 0 Å². The topological polar surface area (TPSA) is 15.3 Å². The van der Waals surface area contributed by atoms with Crippen molar-refractivity contribution < 1.29 is 0 Å². The molecule has 1 aromatic heterocycles. The van der Waals surface area contributed by atoms with E-state index in [0.29, 0.717) is 6.04 Å². The Morgan fingerprint density at radius 3 is 2.94 bits per heavy atom. The number of nitrogens with zero attached hydrogens (tertiary/aromatic N) is 1. The average molecular weight is 266 g/mol. The molecule has 0 aromatic carbocycles. The fourth-order valence-corrected chi connectivity index (χ4v) is 3.32. The van der Waals surface area contributed by atoms with Crippen molar-refractivity contribution in [3.8, 4) is 0 Å². The number of hydrogen-bond acceptors (Lipinski definition) is 3. The van der Waals surface area contributed by atoms with Crippen molar-refractivity contribution in [2.24, 2.45) is 11.8 Å². The summed E-state index contributed by atoms with van der Waals surface area (Å²) in [5.74, 6) is 1.74. The van der Waals surface area contributed by atoms with Gasteiger partial charge in [0.25, 0.3) is 0 Å². The minimum absolute atomic E-state index is 0.653. The van der Waals surface area contributed by atoms with Crippen LogP contribution in [0, 0.1) is 11.8 Å². The quantitative estimate of drug-likeness (QED) is 0.880. The molecule has 18 heavy (non-hydrogen) atoms. The summed E-state index contributed by atoms with van der Waals surface area (Å²) in [6.07, 6.45) is 1.36. The summed E-state index contributed by atoms with van der Waals surface area (Å²) in [6.45, 7) is 11.8. The molecule has 0 spiro atoms. The molecule has 3 heteroatoms. The van der Waals surface area contributed by atoms with Crippen molar-refractivity contribution in [3.63, 3.8) is 0 Å². The predicted octanol–water partition coefficient (Wildman–Crippen LogP) is 3.20. The minimum Gasteiger partial charge on any atom is -0.310 e. The van der Waals surface area contributed by atoms with Gasteiger partial charge in [-0.25, -0.2) is 0 Å². The van der Waals surface area contributed by atoms with Crippen molar-refractivity contribution in [2.75, 3.05) is 19.6 Å². The molecule has 2 heterocycles. The zero-order valence-electron chi connectivity index (χ0n) is 11.9. The van der Waals surface area contributed by atoms with E-state index in [0.717, 1.165) is 24.9 Å². The van der Waals surface area contributed by atoms with Crippen LogP contribution in [-0.4, -0.2) is 30.6 Å². The molecule has 2 rings (SSSR count). The van der Waals surface area contributed by atoms with Gasteiger partial charge in [-0.05, 0) is 43.2 Å². The van der Waals surface area contributed by atoms with Crippen LogP contribution in [-0.2, 0) is 6.54 Å². The lowest BCUT2D eigenvalue weighted by atomic mass is 9.88. The lowest BCUT2D eigenvalue weighted by Crippen LogP contribution is -2.47. The van der Waals surface area contributed by atoms with Crippen molar-refractivity contribution in [1.29, 1.82) is 0 Å². The molecule has 1 aromatic rings. The molecule has 3 unspecified atom stereocenters. The fraction of sp³-hybridized carbons (Fsp3) is 0.733. The van der Waals surface area contributed by atoms with E-state index in [-0.39, 0.29) is 0 Å². The smallest absolute Gasteiger partial charge is 0.0300 e. The molecular weight excluding hydrogens is 240 g/mol. The van der Waals surface area contributed by atoms with Crippen LogP contribution in [0.5, 0.6) is 0 Å². The maximum Gasteiger partial charge on any atom is 0.0300 e. The van der Waals surface area contributed by atoms with Crippen molar-refractivity contribution >= 4 is 11.3 Å². The van der Waals surface area contributed by atoms with Crippen molar-refractivity contribution in [2.45, 2.75) is 39.8 Å². The fourth-order valence-electron chi connectivity index (χ4n) is 2.64. The lowest BCUT2D eigenvalue weighted by Gasteiger charge is -2.39. The third-order valence-electron chi connectivity index (χ3n) is 4.31. The summed E-state index contributed by atoms with van der Waals surface area (Å²) in [6, 6.07) is 4.98. The minimum atomic E-state index is 0.653. The van der Waals surface area contributed by atoms with Gasteiger partial charge in [-0.1, -0.05) is 19.9 Å². The second-order valence-electron chi connectivity index (χ2n) is 5.80. The van der Waals surface area contributed by atoms with Gasteiger partial charge in [-0.2, -0.15) is 0 Å². The van der Waals surface area contributed by atoms with Gasteiger partial charge < -0.3 is 5.32 Å². The van der Waals surface area contributed by atoms with E-state index in [4.69, 9.17) is 0 Å². The molecule has 3 atom stereocenters. The maximum atomic E-state index is 3.58. The van der Waals surface area contributed by atoms with Crippen LogP contribution in [0.2, 0.25) is 0 Å². The molecule has 1 aliphatic rings. The normalized spacial score (nSPS) is 27.3. The third-order valence-corrected chi connectivity index (χ3v) is 5.18. The van der Waals surface area contributed by atoms with E-state index in [9.17, 15) is 0 Å². The van der Waals surface area contributed by atoms with E-state index in [2.05, 4.69) is 48.5 Å². The summed E-state index contributed by atoms with van der Waals surface area (Å²) < 4.78 is 0. The largest absolute Gasteiger partial charge is 0.310 e. The van der Waals surface area contributed by atoms with Crippen LogP contribution in [0.3, 0.4) is 0 Å². The van der Waals surface area contributed by atoms with Crippen molar-refractivity contribution in [1.82, 2.24) is 10.2 Å². The highest BCUT2D eigenvalue weighted by Gasteiger charge is 2.25. The van der Waals surface area contributed by atoms with E-state index in [1.54, 1.807) is 0 Å². The standard InChI is InChI=1S/C15H26N2S/c1-12-6-7-17(11-13(12)2)14(3)9-16-10-15-5-4-8-18-15/h4-5,8,12-14,16H,6-7,9-11H2,1-3H3. The summed E-state index contributed by atoms with van der Waals surface area (Å²) in [7, 11) is 0. The van der Waals surface area contributed by atoms with Crippen LogP contribution in [0.25, 0.3) is 0 Å².